The topological polar surface area (TPSA) is 83.8 Å². The normalized spacial score (nSPS) is 15.9. The van der Waals surface area contributed by atoms with E-state index in [9.17, 15) is 23.1 Å². The van der Waals surface area contributed by atoms with Gasteiger partial charge in [-0.15, -0.1) is 0 Å². The van der Waals surface area contributed by atoms with Crippen LogP contribution in [-0.4, -0.2) is 31.0 Å². The van der Waals surface area contributed by atoms with Crippen LogP contribution in [0.2, 0.25) is 0 Å². The Hall–Kier alpha value is -2.16. The van der Waals surface area contributed by atoms with Gasteiger partial charge >= 0.3 is 6.18 Å². The zero-order valence-corrected chi connectivity index (χ0v) is 11.6. The average molecular weight is 314 g/mol. The number of nitrogens with zero attached hydrogens (tertiary/aromatic N) is 3. The van der Waals surface area contributed by atoms with Crippen molar-refractivity contribution in [3.05, 3.63) is 39.1 Å². The van der Waals surface area contributed by atoms with Crippen LogP contribution in [0, 0.1) is 6.92 Å². The van der Waals surface area contributed by atoms with Crippen LogP contribution in [-0.2, 0) is 12.8 Å². The molecule has 0 aromatic carbocycles. The van der Waals surface area contributed by atoms with Crippen LogP contribution in [0.5, 0.6) is 0 Å². The Kier molecular flexibility index (Phi) is 3.32. The van der Waals surface area contributed by atoms with Gasteiger partial charge in [-0.05, 0) is 26.2 Å². The first-order valence-corrected chi connectivity index (χ1v) is 6.71. The van der Waals surface area contributed by atoms with Crippen molar-refractivity contribution in [2.75, 3.05) is 0 Å². The van der Waals surface area contributed by atoms with E-state index in [1.807, 2.05) is 0 Å². The van der Waals surface area contributed by atoms with E-state index in [-0.39, 0.29) is 22.8 Å². The molecule has 6 nitrogen and oxygen atoms in total. The Morgan fingerprint density at radius 2 is 2.14 bits per heavy atom. The first-order chi connectivity index (χ1) is 10.3. The zero-order chi connectivity index (χ0) is 16.1. The lowest BCUT2D eigenvalue weighted by Crippen LogP contribution is -2.21. The predicted octanol–water partition coefficient (Wildman–Crippen LogP) is 1.35. The Morgan fingerprint density at radius 1 is 1.41 bits per heavy atom. The minimum absolute atomic E-state index is 0.0591. The van der Waals surface area contributed by atoms with Gasteiger partial charge in [-0.1, -0.05) is 0 Å². The fraction of sp³-hybridized carbons (Fsp3) is 0.462. The summed E-state index contributed by atoms with van der Waals surface area (Å²) in [5, 5.41) is 13.1. The molecule has 0 spiro atoms. The van der Waals surface area contributed by atoms with E-state index in [0.29, 0.717) is 24.1 Å². The van der Waals surface area contributed by atoms with E-state index in [2.05, 4.69) is 15.1 Å². The van der Waals surface area contributed by atoms with E-state index in [0.717, 1.165) is 17.3 Å². The van der Waals surface area contributed by atoms with Crippen LogP contribution in [0.25, 0.3) is 5.95 Å². The predicted molar refractivity (Wildman–Crippen MR) is 69.8 cm³/mol. The molecule has 2 heterocycles. The number of hydrogen-bond acceptors (Lipinski definition) is 4. The zero-order valence-electron chi connectivity index (χ0n) is 11.6. The van der Waals surface area contributed by atoms with E-state index in [1.165, 1.54) is 6.92 Å². The summed E-state index contributed by atoms with van der Waals surface area (Å²) in [5.41, 5.74) is 0.669. The number of nitrogens with one attached hydrogen (secondary N) is 1. The van der Waals surface area contributed by atoms with Gasteiger partial charge in [0.2, 0.25) is 5.95 Å². The lowest BCUT2D eigenvalue weighted by Gasteiger charge is -2.14. The van der Waals surface area contributed by atoms with Gasteiger partial charge in [-0.2, -0.15) is 18.3 Å². The highest BCUT2D eigenvalue weighted by molar-refractivity contribution is 5.30. The molecule has 2 aromatic rings. The Morgan fingerprint density at radius 3 is 2.82 bits per heavy atom. The molecule has 0 amide bonds. The molecule has 22 heavy (non-hydrogen) atoms. The molecule has 0 aliphatic heterocycles. The first kappa shape index (κ1) is 14.8. The van der Waals surface area contributed by atoms with Gasteiger partial charge in [0.15, 0.2) is 6.10 Å². The van der Waals surface area contributed by atoms with Gasteiger partial charge in [0.1, 0.15) is 0 Å². The monoisotopic (exact) mass is 314 g/mol. The van der Waals surface area contributed by atoms with Crippen LogP contribution in [0.1, 0.15) is 35.0 Å². The van der Waals surface area contributed by atoms with Crippen molar-refractivity contribution < 1.29 is 18.3 Å². The number of aromatic nitrogens is 4. The minimum Gasteiger partial charge on any atom is -0.379 e. The summed E-state index contributed by atoms with van der Waals surface area (Å²) in [4.78, 5) is 18.7. The molecule has 1 aliphatic carbocycles. The molecule has 0 bridgehead atoms. The van der Waals surface area contributed by atoms with E-state index < -0.39 is 12.3 Å². The second kappa shape index (κ2) is 4.94. The van der Waals surface area contributed by atoms with Gasteiger partial charge in [-0.25, -0.2) is 9.67 Å². The van der Waals surface area contributed by atoms with Crippen molar-refractivity contribution >= 4 is 0 Å². The van der Waals surface area contributed by atoms with Crippen molar-refractivity contribution in [3.8, 4) is 5.95 Å². The molecular weight excluding hydrogens is 301 g/mol. The van der Waals surface area contributed by atoms with Crippen molar-refractivity contribution in [2.45, 2.75) is 38.5 Å². The number of aromatic amines is 1. The highest BCUT2D eigenvalue weighted by Gasteiger charge is 2.41. The van der Waals surface area contributed by atoms with Crippen LogP contribution in [0.3, 0.4) is 0 Å². The van der Waals surface area contributed by atoms with Crippen LogP contribution in [0.15, 0.2) is 11.0 Å². The lowest BCUT2D eigenvalue weighted by molar-refractivity contribution is -0.207. The Bertz CT molecular complexity index is 779. The summed E-state index contributed by atoms with van der Waals surface area (Å²) in [7, 11) is 0. The molecule has 118 valence electrons. The van der Waals surface area contributed by atoms with Gasteiger partial charge in [-0.3, -0.25) is 9.78 Å². The van der Waals surface area contributed by atoms with Gasteiger partial charge in [0.25, 0.3) is 5.56 Å². The third kappa shape index (κ3) is 2.31. The number of halogens is 3. The van der Waals surface area contributed by atoms with Crippen LogP contribution in [0.4, 0.5) is 13.2 Å². The molecule has 0 radical (unpaired) electrons. The SMILES string of the molecule is Cc1c(C(O)C(F)(F)F)cnn1-c1nc2c(c(=O)[nH]1)CCC2. The summed E-state index contributed by atoms with van der Waals surface area (Å²) in [6, 6.07) is 0. The standard InChI is InChI=1S/C13H13F3N4O2/c1-6-8(10(21)13(14,15)16)5-17-20(6)12-18-9-4-2-3-7(9)11(22)19-12/h5,10,21H,2-4H2,1H3,(H,18,19,22). The second-order valence-electron chi connectivity index (χ2n) is 5.21. The molecule has 0 fully saturated rings. The molecular formula is C13H13F3N4O2. The highest BCUT2D eigenvalue weighted by Crippen LogP contribution is 2.34. The van der Waals surface area contributed by atoms with Crippen LogP contribution >= 0.6 is 0 Å². The average Bonchev–Trinajstić information content (AvgIpc) is 3.03. The van der Waals surface area contributed by atoms with Crippen LogP contribution < -0.4 is 5.56 Å². The molecule has 3 rings (SSSR count). The molecule has 0 saturated carbocycles. The number of aliphatic hydroxyl groups is 1. The third-order valence-corrected chi connectivity index (χ3v) is 3.78. The number of rotatable bonds is 2. The molecule has 2 aromatic heterocycles. The summed E-state index contributed by atoms with van der Waals surface area (Å²) < 4.78 is 38.9. The highest BCUT2D eigenvalue weighted by atomic mass is 19.4. The lowest BCUT2D eigenvalue weighted by atomic mass is 10.1. The van der Waals surface area contributed by atoms with Gasteiger partial charge in [0.05, 0.1) is 17.6 Å². The minimum atomic E-state index is -4.78. The maximum Gasteiger partial charge on any atom is 0.418 e. The van der Waals surface area contributed by atoms with Gasteiger partial charge in [0, 0.05) is 11.1 Å². The smallest absolute Gasteiger partial charge is 0.379 e. The van der Waals surface area contributed by atoms with Crippen molar-refractivity contribution in [1.82, 2.24) is 19.7 Å². The molecule has 1 atom stereocenters. The Labute approximate surface area is 122 Å². The van der Waals surface area contributed by atoms with E-state index >= 15 is 0 Å². The molecule has 9 heteroatoms. The van der Waals surface area contributed by atoms with E-state index in [1.54, 1.807) is 0 Å². The molecule has 2 N–H and O–H groups in total. The number of aryl methyl sites for hydroxylation is 1. The van der Waals surface area contributed by atoms with Gasteiger partial charge < -0.3 is 5.11 Å². The van der Waals surface area contributed by atoms with Crippen molar-refractivity contribution in [3.63, 3.8) is 0 Å². The number of H-pyrrole nitrogens is 1. The number of fused-ring (bicyclic) bond motifs is 1. The maximum atomic E-state index is 12.6. The fourth-order valence-electron chi connectivity index (χ4n) is 2.61. The number of alkyl halides is 3. The van der Waals surface area contributed by atoms with E-state index in [4.69, 9.17) is 0 Å². The fourth-order valence-corrected chi connectivity index (χ4v) is 2.61. The molecule has 0 saturated heterocycles. The first-order valence-electron chi connectivity index (χ1n) is 6.71. The molecule has 1 aliphatic rings. The summed E-state index contributed by atoms with van der Waals surface area (Å²) in [6.45, 7) is 1.38. The number of aliphatic hydroxyl groups excluding tert-OH is 1. The number of hydrogen-bond donors (Lipinski definition) is 2. The largest absolute Gasteiger partial charge is 0.418 e. The summed E-state index contributed by atoms with van der Waals surface area (Å²) >= 11 is 0. The quantitative estimate of drug-likeness (QED) is 0.876. The summed E-state index contributed by atoms with van der Waals surface area (Å²) in [5.74, 6) is 0.0591. The third-order valence-electron chi connectivity index (χ3n) is 3.78. The van der Waals surface area contributed by atoms with Crippen molar-refractivity contribution in [1.29, 1.82) is 0 Å². The Balaban J connectivity index is 2.06. The summed E-state index contributed by atoms with van der Waals surface area (Å²) in [6.07, 6.45) is -4.34. The second-order valence-corrected chi connectivity index (χ2v) is 5.21. The van der Waals surface area contributed by atoms with Crippen molar-refractivity contribution in [2.24, 2.45) is 0 Å². The maximum absolute atomic E-state index is 12.6. The molecule has 1 unspecified atom stereocenters.